The summed E-state index contributed by atoms with van der Waals surface area (Å²) in [5, 5.41) is 6.47. The fourth-order valence-corrected chi connectivity index (χ4v) is 3.96. The zero-order valence-corrected chi connectivity index (χ0v) is 16.5. The second kappa shape index (κ2) is 9.38. The van der Waals surface area contributed by atoms with E-state index in [-0.39, 0.29) is 30.1 Å². The molecule has 2 fully saturated rings. The molecule has 1 aromatic carbocycles. The molecule has 26 heavy (non-hydrogen) atoms. The highest BCUT2D eigenvalue weighted by molar-refractivity contribution is 5.95. The summed E-state index contributed by atoms with van der Waals surface area (Å²) in [5.74, 6) is 0.0402. The number of likely N-dealkylation sites (tertiary alicyclic amines) is 1. The van der Waals surface area contributed by atoms with Crippen molar-refractivity contribution in [3.8, 4) is 0 Å². The highest BCUT2D eigenvalue weighted by Crippen LogP contribution is 2.20. The van der Waals surface area contributed by atoms with Gasteiger partial charge in [0, 0.05) is 31.2 Å². The van der Waals surface area contributed by atoms with E-state index in [1.807, 2.05) is 30.9 Å². The average Bonchev–Trinajstić information content (AvgIpc) is 3.12. The number of carbonyl (C=O) groups excluding carboxylic acids is 2. The first-order valence-electron chi connectivity index (χ1n) is 9.41. The van der Waals surface area contributed by atoms with Gasteiger partial charge in [0.05, 0.1) is 5.92 Å². The van der Waals surface area contributed by atoms with Crippen LogP contribution in [0.1, 0.15) is 47.2 Å². The van der Waals surface area contributed by atoms with Crippen LogP contribution in [0, 0.1) is 19.8 Å². The first kappa shape index (κ1) is 20.7. The van der Waals surface area contributed by atoms with E-state index in [1.54, 1.807) is 0 Å². The molecular formula is C20H30ClN3O2. The molecule has 0 saturated carbocycles. The van der Waals surface area contributed by atoms with Crippen LogP contribution >= 0.6 is 12.4 Å². The van der Waals surface area contributed by atoms with Crippen molar-refractivity contribution < 1.29 is 9.59 Å². The summed E-state index contributed by atoms with van der Waals surface area (Å²) in [6.45, 7) is 7.01. The van der Waals surface area contributed by atoms with Gasteiger partial charge in [-0.3, -0.25) is 9.59 Å². The fourth-order valence-electron chi connectivity index (χ4n) is 3.96. The molecule has 1 aromatic rings. The van der Waals surface area contributed by atoms with Crippen molar-refractivity contribution >= 4 is 24.2 Å². The Hall–Kier alpha value is -1.59. The molecule has 0 radical (unpaired) electrons. The quantitative estimate of drug-likeness (QED) is 0.844. The topological polar surface area (TPSA) is 61.4 Å². The molecule has 2 amide bonds. The van der Waals surface area contributed by atoms with Crippen LogP contribution in [0.5, 0.6) is 0 Å². The van der Waals surface area contributed by atoms with Gasteiger partial charge in [0.15, 0.2) is 0 Å². The maximum absolute atomic E-state index is 12.8. The van der Waals surface area contributed by atoms with Crippen LogP contribution in [0.2, 0.25) is 0 Å². The van der Waals surface area contributed by atoms with E-state index >= 15 is 0 Å². The summed E-state index contributed by atoms with van der Waals surface area (Å²) >= 11 is 0. The van der Waals surface area contributed by atoms with Gasteiger partial charge in [0.2, 0.25) is 5.91 Å². The lowest BCUT2D eigenvalue weighted by molar-refractivity contribution is -0.126. The maximum Gasteiger partial charge on any atom is 0.253 e. The van der Waals surface area contributed by atoms with Crippen molar-refractivity contribution in [2.24, 2.45) is 5.92 Å². The Morgan fingerprint density at radius 3 is 2.54 bits per heavy atom. The van der Waals surface area contributed by atoms with E-state index in [2.05, 4.69) is 16.7 Å². The third-order valence-corrected chi connectivity index (χ3v) is 5.23. The number of rotatable bonds is 4. The largest absolute Gasteiger partial charge is 0.354 e. The lowest BCUT2D eigenvalue weighted by atomic mass is 9.96. The van der Waals surface area contributed by atoms with Gasteiger partial charge >= 0.3 is 0 Å². The van der Waals surface area contributed by atoms with E-state index in [0.29, 0.717) is 19.1 Å². The molecule has 0 aromatic heterocycles. The number of nitrogens with zero attached hydrogens (tertiary/aromatic N) is 1. The van der Waals surface area contributed by atoms with Gasteiger partial charge in [-0.2, -0.15) is 0 Å². The number of hydrogen-bond acceptors (Lipinski definition) is 3. The Morgan fingerprint density at radius 2 is 1.88 bits per heavy atom. The number of amides is 2. The molecule has 2 heterocycles. The predicted octanol–water partition coefficient (Wildman–Crippen LogP) is 2.45. The van der Waals surface area contributed by atoms with E-state index in [1.165, 1.54) is 6.42 Å². The van der Waals surface area contributed by atoms with Gasteiger partial charge in [-0.05, 0) is 58.2 Å². The molecule has 0 aliphatic carbocycles. The van der Waals surface area contributed by atoms with Crippen LogP contribution < -0.4 is 10.6 Å². The Balaban J connectivity index is 0.00000243. The molecule has 2 atom stereocenters. The number of piperidine rings is 1. The summed E-state index contributed by atoms with van der Waals surface area (Å²) < 4.78 is 0. The Labute approximate surface area is 162 Å². The molecular weight excluding hydrogens is 350 g/mol. The highest BCUT2D eigenvalue weighted by atomic mass is 35.5. The van der Waals surface area contributed by atoms with E-state index < -0.39 is 0 Å². The van der Waals surface area contributed by atoms with Gasteiger partial charge in [0.25, 0.3) is 5.91 Å². The molecule has 2 N–H and O–H groups in total. The zero-order chi connectivity index (χ0) is 17.8. The van der Waals surface area contributed by atoms with Gasteiger partial charge in [-0.25, -0.2) is 0 Å². The molecule has 0 bridgehead atoms. The van der Waals surface area contributed by atoms with Crippen molar-refractivity contribution in [1.82, 2.24) is 15.5 Å². The maximum atomic E-state index is 12.8. The smallest absolute Gasteiger partial charge is 0.253 e. The molecule has 2 unspecified atom stereocenters. The van der Waals surface area contributed by atoms with Crippen LogP contribution in [0.4, 0.5) is 0 Å². The number of nitrogens with one attached hydrogen (secondary N) is 2. The lowest BCUT2D eigenvalue weighted by Gasteiger charge is -2.32. The number of halogens is 1. The van der Waals surface area contributed by atoms with Crippen LogP contribution in [-0.2, 0) is 4.79 Å². The molecule has 6 heteroatoms. The molecule has 2 saturated heterocycles. The normalized spacial score (nSPS) is 22.6. The van der Waals surface area contributed by atoms with Crippen LogP contribution in [0.15, 0.2) is 18.2 Å². The fraction of sp³-hybridized carbons (Fsp3) is 0.600. The molecule has 0 spiro atoms. The summed E-state index contributed by atoms with van der Waals surface area (Å²) in [6.07, 6.45) is 4.06. The van der Waals surface area contributed by atoms with Crippen LogP contribution in [0.25, 0.3) is 0 Å². The Bertz CT molecular complexity index is 624. The van der Waals surface area contributed by atoms with Crippen molar-refractivity contribution in [1.29, 1.82) is 0 Å². The lowest BCUT2D eigenvalue weighted by Crippen LogP contribution is -2.47. The first-order valence-corrected chi connectivity index (χ1v) is 9.41. The summed E-state index contributed by atoms with van der Waals surface area (Å²) in [4.78, 5) is 27.2. The third kappa shape index (κ3) is 5.21. The molecule has 3 rings (SSSR count). The van der Waals surface area contributed by atoms with Crippen molar-refractivity contribution in [3.05, 3.63) is 34.9 Å². The standard InChI is InChI=1S/C20H29N3O2.ClH/c1-14-9-15(2)11-17(10-14)20(25)23-8-4-5-16(13-23)19(24)22-12-18-6-3-7-21-18;/h9-11,16,18,21H,3-8,12-13H2,1-2H3,(H,22,24);1H. The van der Waals surface area contributed by atoms with E-state index in [9.17, 15) is 9.59 Å². The summed E-state index contributed by atoms with van der Waals surface area (Å²) in [7, 11) is 0. The number of carbonyl (C=O) groups is 2. The third-order valence-electron chi connectivity index (χ3n) is 5.23. The van der Waals surface area contributed by atoms with Crippen molar-refractivity contribution in [2.75, 3.05) is 26.2 Å². The molecule has 144 valence electrons. The number of hydrogen-bond donors (Lipinski definition) is 2. The number of aryl methyl sites for hydroxylation is 2. The first-order chi connectivity index (χ1) is 12.0. The molecule has 2 aliphatic rings. The second-order valence-corrected chi connectivity index (χ2v) is 7.51. The summed E-state index contributed by atoms with van der Waals surface area (Å²) in [6, 6.07) is 6.34. The minimum Gasteiger partial charge on any atom is -0.354 e. The Kier molecular flexibility index (Phi) is 7.47. The predicted molar refractivity (Wildman–Crippen MR) is 106 cm³/mol. The van der Waals surface area contributed by atoms with E-state index in [0.717, 1.165) is 49.0 Å². The minimum atomic E-state index is -0.0926. The summed E-state index contributed by atoms with van der Waals surface area (Å²) in [5.41, 5.74) is 2.92. The van der Waals surface area contributed by atoms with Gasteiger partial charge in [-0.1, -0.05) is 17.2 Å². The molecule has 2 aliphatic heterocycles. The SMILES string of the molecule is Cc1cc(C)cc(C(=O)N2CCCC(C(=O)NCC3CCCN3)C2)c1.Cl. The second-order valence-electron chi connectivity index (χ2n) is 7.51. The zero-order valence-electron chi connectivity index (χ0n) is 15.7. The van der Waals surface area contributed by atoms with Gasteiger partial charge in [-0.15, -0.1) is 12.4 Å². The minimum absolute atomic E-state index is 0. The van der Waals surface area contributed by atoms with Crippen LogP contribution in [0.3, 0.4) is 0 Å². The highest BCUT2D eigenvalue weighted by Gasteiger charge is 2.29. The Morgan fingerprint density at radius 1 is 1.15 bits per heavy atom. The van der Waals surface area contributed by atoms with Crippen LogP contribution in [-0.4, -0.2) is 48.9 Å². The van der Waals surface area contributed by atoms with Crippen molar-refractivity contribution in [3.63, 3.8) is 0 Å². The monoisotopic (exact) mass is 379 g/mol. The van der Waals surface area contributed by atoms with E-state index in [4.69, 9.17) is 0 Å². The van der Waals surface area contributed by atoms with Crippen molar-refractivity contribution in [2.45, 2.75) is 45.6 Å². The molecule has 5 nitrogen and oxygen atoms in total. The van der Waals surface area contributed by atoms with Gasteiger partial charge < -0.3 is 15.5 Å². The number of benzene rings is 1. The average molecular weight is 380 g/mol. The van der Waals surface area contributed by atoms with Gasteiger partial charge in [0.1, 0.15) is 0 Å².